The molecule has 1 saturated heterocycles. The summed E-state index contributed by atoms with van der Waals surface area (Å²) in [5.74, 6) is 0.189. The Kier molecular flexibility index (Phi) is 4.36. The van der Waals surface area contributed by atoms with Gasteiger partial charge >= 0.3 is 6.09 Å². The molecule has 15 heavy (non-hydrogen) atoms. The summed E-state index contributed by atoms with van der Waals surface area (Å²) >= 11 is 0. The van der Waals surface area contributed by atoms with E-state index < -0.39 is 0 Å². The summed E-state index contributed by atoms with van der Waals surface area (Å²) in [7, 11) is 1.36. The van der Waals surface area contributed by atoms with Crippen molar-refractivity contribution in [3.8, 4) is 0 Å². The molecule has 0 aliphatic carbocycles. The number of hydrogen-bond donors (Lipinski definition) is 3. The number of carbonyl (C=O) groups excluding carboxylic acids is 1. The predicted octanol–water partition coefficient (Wildman–Crippen LogP) is -0.257. The molecule has 0 bridgehead atoms. The van der Waals surface area contributed by atoms with E-state index in [0.29, 0.717) is 6.54 Å². The van der Waals surface area contributed by atoms with Crippen molar-refractivity contribution < 1.29 is 9.53 Å². The minimum atomic E-state index is -0.375. The first-order chi connectivity index (χ1) is 7.11. The highest BCUT2D eigenvalue weighted by molar-refractivity contribution is 5.78. The van der Waals surface area contributed by atoms with E-state index in [9.17, 15) is 4.79 Å². The summed E-state index contributed by atoms with van der Waals surface area (Å²) in [6.07, 6.45) is 1.38. The molecule has 1 rings (SSSR count). The summed E-state index contributed by atoms with van der Waals surface area (Å²) in [5, 5.41) is 9.94. The average Bonchev–Trinajstić information content (AvgIpc) is 2.20. The molecule has 0 aromatic heterocycles. The smallest absolute Gasteiger partial charge is 0.407 e. The lowest BCUT2D eigenvalue weighted by Crippen LogP contribution is -2.46. The number of carbonyl (C=O) groups is 1. The maximum absolute atomic E-state index is 10.9. The first-order valence-corrected chi connectivity index (χ1v) is 5.01. The van der Waals surface area contributed by atoms with Gasteiger partial charge in [0.1, 0.15) is 5.84 Å². The fraction of sp³-hybridized carbons (Fsp3) is 0.778. The van der Waals surface area contributed by atoms with E-state index >= 15 is 0 Å². The van der Waals surface area contributed by atoms with Crippen molar-refractivity contribution in [3.05, 3.63) is 0 Å². The number of hydrogen-bond acceptors (Lipinski definition) is 4. The number of nitrogens with one attached hydrogen (secondary N) is 2. The van der Waals surface area contributed by atoms with Gasteiger partial charge in [-0.15, -0.1) is 0 Å². The molecule has 0 spiro atoms. The van der Waals surface area contributed by atoms with Crippen LogP contribution in [0, 0.1) is 5.41 Å². The van der Waals surface area contributed by atoms with Crippen LogP contribution >= 0.6 is 0 Å². The van der Waals surface area contributed by atoms with Gasteiger partial charge < -0.3 is 15.8 Å². The Balaban J connectivity index is 2.23. The standard InChI is InChI=1S/C9H18N4O2/c1-15-9(14)12-7-2-4-13(5-3-7)6-8(10)11/h7H,2-6H2,1H3,(H3,10,11)(H,12,14). The van der Waals surface area contributed by atoms with E-state index in [-0.39, 0.29) is 18.0 Å². The zero-order valence-corrected chi connectivity index (χ0v) is 8.95. The summed E-state index contributed by atoms with van der Waals surface area (Å²) in [6, 6.07) is 0.181. The number of amidine groups is 1. The summed E-state index contributed by atoms with van der Waals surface area (Å²) < 4.78 is 4.53. The van der Waals surface area contributed by atoms with Crippen molar-refractivity contribution >= 4 is 11.9 Å². The highest BCUT2D eigenvalue weighted by atomic mass is 16.5. The molecule has 0 atom stereocenters. The molecule has 1 heterocycles. The molecule has 1 fully saturated rings. The fourth-order valence-corrected chi connectivity index (χ4v) is 1.70. The third-order valence-corrected chi connectivity index (χ3v) is 2.49. The van der Waals surface area contributed by atoms with Gasteiger partial charge in [0.15, 0.2) is 0 Å². The van der Waals surface area contributed by atoms with Crippen LogP contribution in [0.5, 0.6) is 0 Å². The van der Waals surface area contributed by atoms with Gasteiger partial charge in [0.2, 0.25) is 0 Å². The molecule has 1 aliphatic heterocycles. The van der Waals surface area contributed by atoms with E-state index in [1.165, 1.54) is 7.11 Å². The van der Waals surface area contributed by atoms with Gasteiger partial charge in [-0.3, -0.25) is 10.3 Å². The molecule has 1 aliphatic rings. The molecule has 6 nitrogen and oxygen atoms in total. The number of likely N-dealkylation sites (tertiary alicyclic amines) is 1. The normalized spacial score (nSPS) is 18.5. The summed E-state index contributed by atoms with van der Waals surface area (Å²) in [4.78, 5) is 13.0. The van der Waals surface area contributed by atoms with Gasteiger partial charge in [-0.05, 0) is 12.8 Å². The Morgan fingerprint density at radius 1 is 1.60 bits per heavy atom. The maximum atomic E-state index is 10.9. The number of methoxy groups -OCH3 is 1. The Hall–Kier alpha value is -1.30. The molecular formula is C9H18N4O2. The number of alkyl carbamates (subject to hydrolysis) is 1. The van der Waals surface area contributed by atoms with E-state index in [2.05, 4.69) is 15.0 Å². The number of amides is 1. The van der Waals surface area contributed by atoms with Crippen LogP contribution in [0.3, 0.4) is 0 Å². The van der Waals surface area contributed by atoms with Gasteiger partial charge in [0.25, 0.3) is 0 Å². The van der Waals surface area contributed by atoms with Gasteiger partial charge in [0, 0.05) is 19.1 Å². The summed E-state index contributed by atoms with van der Waals surface area (Å²) in [6.45, 7) is 2.23. The quantitative estimate of drug-likeness (QED) is 0.446. The largest absolute Gasteiger partial charge is 0.453 e. The second kappa shape index (κ2) is 5.55. The minimum Gasteiger partial charge on any atom is -0.453 e. The lowest BCUT2D eigenvalue weighted by molar-refractivity contribution is 0.155. The van der Waals surface area contributed by atoms with Crippen molar-refractivity contribution in [3.63, 3.8) is 0 Å². The lowest BCUT2D eigenvalue weighted by atomic mass is 10.1. The van der Waals surface area contributed by atoms with E-state index in [1.807, 2.05) is 0 Å². The zero-order valence-electron chi connectivity index (χ0n) is 8.95. The molecule has 86 valence electrons. The first-order valence-electron chi connectivity index (χ1n) is 5.01. The Morgan fingerprint density at radius 2 is 2.20 bits per heavy atom. The van der Waals surface area contributed by atoms with Crippen molar-refractivity contribution in [2.75, 3.05) is 26.7 Å². The van der Waals surface area contributed by atoms with E-state index in [1.54, 1.807) is 0 Å². The number of piperidine rings is 1. The van der Waals surface area contributed by atoms with Crippen LogP contribution in [-0.4, -0.2) is 49.6 Å². The monoisotopic (exact) mass is 214 g/mol. The third-order valence-electron chi connectivity index (χ3n) is 2.49. The second-order valence-electron chi connectivity index (χ2n) is 3.71. The van der Waals surface area contributed by atoms with Crippen LogP contribution in [0.1, 0.15) is 12.8 Å². The van der Waals surface area contributed by atoms with Crippen molar-refractivity contribution in [2.24, 2.45) is 5.73 Å². The predicted molar refractivity (Wildman–Crippen MR) is 56.9 cm³/mol. The van der Waals surface area contributed by atoms with Gasteiger partial charge in [0.05, 0.1) is 13.7 Å². The van der Waals surface area contributed by atoms with Gasteiger partial charge in [-0.1, -0.05) is 0 Å². The van der Waals surface area contributed by atoms with E-state index in [4.69, 9.17) is 11.1 Å². The van der Waals surface area contributed by atoms with Gasteiger partial charge in [-0.2, -0.15) is 0 Å². The van der Waals surface area contributed by atoms with Crippen LogP contribution in [0.4, 0.5) is 4.79 Å². The molecule has 0 aromatic rings. The second-order valence-corrected chi connectivity index (χ2v) is 3.71. The summed E-state index contributed by atoms with van der Waals surface area (Å²) in [5.41, 5.74) is 5.31. The fourth-order valence-electron chi connectivity index (χ4n) is 1.70. The number of nitrogens with zero attached hydrogens (tertiary/aromatic N) is 1. The Morgan fingerprint density at radius 3 is 2.67 bits per heavy atom. The van der Waals surface area contributed by atoms with Crippen molar-refractivity contribution in [2.45, 2.75) is 18.9 Å². The highest BCUT2D eigenvalue weighted by Gasteiger charge is 2.20. The molecule has 0 radical (unpaired) electrons. The van der Waals surface area contributed by atoms with Crippen molar-refractivity contribution in [1.29, 1.82) is 5.41 Å². The topological polar surface area (TPSA) is 91.4 Å². The van der Waals surface area contributed by atoms with Crippen LogP contribution in [-0.2, 0) is 4.74 Å². The molecular weight excluding hydrogens is 196 g/mol. The molecule has 1 amide bonds. The number of nitrogens with two attached hydrogens (primary N) is 1. The molecule has 0 saturated carbocycles. The third kappa shape index (κ3) is 4.16. The average molecular weight is 214 g/mol. The van der Waals surface area contributed by atoms with Crippen LogP contribution in [0.2, 0.25) is 0 Å². The van der Waals surface area contributed by atoms with Crippen LogP contribution in [0.25, 0.3) is 0 Å². The Bertz CT molecular complexity index is 236. The van der Waals surface area contributed by atoms with Crippen molar-refractivity contribution in [1.82, 2.24) is 10.2 Å². The molecule has 4 N–H and O–H groups in total. The maximum Gasteiger partial charge on any atom is 0.407 e. The lowest BCUT2D eigenvalue weighted by Gasteiger charge is -2.31. The molecule has 0 aromatic carbocycles. The van der Waals surface area contributed by atoms with Gasteiger partial charge in [-0.25, -0.2) is 4.79 Å². The zero-order chi connectivity index (χ0) is 11.3. The van der Waals surface area contributed by atoms with Crippen LogP contribution in [0.15, 0.2) is 0 Å². The SMILES string of the molecule is COC(=O)NC1CCN(CC(=N)N)CC1. The molecule has 0 unspecified atom stereocenters. The minimum absolute atomic E-state index is 0.181. The first kappa shape index (κ1) is 11.8. The molecule has 6 heteroatoms. The Labute approximate surface area is 89.3 Å². The number of ether oxygens (including phenoxy) is 1. The van der Waals surface area contributed by atoms with Crippen LogP contribution < -0.4 is 11.1 Å². The highest BCUT2D eigenvalue weighted by Crippen LogP contribution is 2.09. The number of rotatable bonds is 3. The van der Waals surface area contributed by atoms with E-state index in [0.717, 1.165) is 25.9 Å².